The van der Waals surface area contributed by atoms with Gasteiger partial charge in [-0.05, 0) is 19.9 Å². The molecule has 1 aliphatic heterocycles. The van der Waals surface area contributed by atoms with Crippen molar-refractivity contribution in [2.24, 2.45) is 4.99 Å². The molecule has 8 heavy (non-hydrogen) atoms. The van der Waals surface area contributed by atoms with E-state index in [4.69, 9.17) is 0 Å². The summed E-state index contributed by atoms with van der Waals surface area (Å²) in [6.45, 7) is 4.90. The van der Waals surface area contributed by atoms with Crippen molar-refractivity contribution < 1.29 is 0 Å². The summed E-state index contributed by atoms with van der Waals surface area (Å²) < 4.78 is 0. The standard InChI is InChI=1S/C6H10N2/c1-5-3-4-7-6(2)8-5/h3H,4H2,1-2H3,(H,7,8). The fourth-order valence-electron chi connectivity index (χ4n) is 0.696. The first-order valence-corrected chi connectivity index (χ1v) is 2.75. The maximum absolute atomic E-state index is 4.15. The third kappa shape index (κ3) is 1.09. The summed E-state index contributed by atoms with van der Waals surface area (Å²) in [6.07, 6.45) is 2.06. The van der Waals surface area contributed by atoms with Gasteiger partial charge in [-0.3, -0.25) is 0 Å². The molecule has 1 aliphatic rings. The van der Waals surface area contributed by atoms with Crippen molar-refractivity contribution in [1.82, 2.24) is 5.32 Å². The lowest BCUT2D eigenvalue weighted by Crippen LogP contribution is -2.23. The summed E-state index contributed by atoms with van der Waals surface area (Å²) in [5.41, 5.74) is 1.11. The highest BCUT2D eigenvalue weighted by Gasteiger charge is 1.93. The van der Waals surface area contributed by atoms with Gasteiger partial charge in [0.25, 0.3) is 0 Å². The van der Waals surface area contributed by atoms with Gasteiger partial charge in [-0.25, -0.2) is 4.99 Å². The molecule has 0 amide bonds. The van der Waals surface area contributed by atoms with E-state index in [1.165, 1.54) is 0 Å². The fraction of sp³-hybridized carbons (Fsp3) is 0.500. The molecule has 0 bridgehead atoms. The highest BCUT2D eigenvalue weighted by molar-refractivity contribution is 5.81. The Morgan fingerprint density at radius 3 is 2.75 bits per heavy atom. The van der Waals surface area contributed by atoms with Gasteiger partial charge >= 0.3 is 0 Å². The van der Waals surface area contributed by atoms with E-state index in [0.29, 0.717) is 0 Å². The van der Waals surface area contributed by atoms with E-state index in [1.54, 1.807) is 0 Å². The number of aliphatic imine (C=N–C) groups is 1. The second kappa shape index (κ2) is 1.99. The van der Waals surface area contributed by atoms with E-state index in [9.17, 15) is 0 Å². The van der Waals surface area contributed by atoms with Crippen molar-refractivity contribution in [2.75, 3.05) is 6.54 Å². The van der Waals surface area contributed by atoms with Crippen LogP contribution in [0.4, 0.5) is 0 Å². The van der Waals surface area contributed by atoms with Crippen LogP contribution >= 0.6 is 0 Å². The average molecular weight is 110 g/mol. The van der Waals surface area contributed by atoms with Crippen LogP contribution in [0.2, 0.25) is 0 Å². The molecule has 1 heterocycles. The SMILES string of the molecule is CC1=CCNC(C)=N1. The van der Waals surface area contributed by atoms with Crippen LogP contribution in [0.5, 0.6) is 0 Å². The zero-order valence-electron chi connectivity index (χ0n) is 5.23. The summed E-state index contributed by atoms with van der Waals surface area (Å²) >= 11 is 0. The van der Waals surface area contributed by atoms with E-state index in [2.05, 4.69) is 16.4 Å². The Kier molecular flexibility index (Phi) is 1.33. The zero-order chi connectivity index (χ0) is 5.98. The van der Waals surface area contributed by atoms with E-state index in [-0.39, 0.29) is 0 Å². The first-order chi connectivity index (χ1) is 3.79. The Morgan fingerprint density at radius 1 is 1.62 bits per heavy atom. The van der Waals surface area contributed by atoms with Crippen molar-refractivity contribution in [3.05, 3.63) is 11.8 Å². The monoisotopic (exact) mass is 110 g/mol. The van der Waals surface area contributed by atoms with E-state index < -0.39 is 0 Å². The van der Waals surface area contributed by atoms with Crippen LogP contribution in [-0.2, 0) is 0 Å². The van der Waals surface area contributed by atoms with Crippen LogP contribution < -0.4 is 5.32 Å². The number of rotatable bonds is 0. The summed E-state index contributed by atoms with van der Waals surface area (Å²) in [7, 11) is 0. The predicted octanol–water partition coefficient (Wildman–Crippen LogP) is 0.912. The molecule has 0 fully saturated rings. The molecular formula is C6H10N2. The molecule has 0 aliphatic carbocycles. The van der Waals surface area contributed by atoms with Gasteiger partial charge in [-0.15, -0.1) is 0 Å². The Hall–Kier alpha value is -0.790. The van der Waals surface area contributed by atoms with E-state index >= 15 is 0 Å². The van der Waals surface area contributed by atoms with Gasteiger partial charge in [0.15, 0.2) is 0 Å². The van der Waals surface area contributed by atoms with Gasteiger partial charge in [0.1, 0.15) is 0 Å². The molecule has 2 heteroatoms. The molecule has 0 atom stereocenters. The van der Waals surface area contributed by atoms with Gasteiger partial charge in [0.05, 0.1) is 5.84 Å². The Morgan fingerprint density at radius 2 is 2.38 bits per heavy atom. The van der Waals surface area contributed by atoms with Crippen LogP contribution in [0.3, 0.4) is 0 Å². The number of hydrogen-bond donors (Lipinski definition) is 1. The second-order valence-corrected chi connectivity index (χ2v) is 1.92. The Bertz CT molecular complexity index is 145. The molecule has 0 aromatic rings. The van der Waals surface area contributed by atoms with Crippen molar-refractivity contribution in [2.45, 2.75) is 13.8 Å². The van der Waals surface area contributed by atoms with Gasteiger partial charge in [-0.2, -0.15) is 0 Å². The molecule has 0 saturated carbocycles. The third-order valence-corrected chi connectivity index (χ3v) is 1.10. The molecule has 0 radical (unpaired) electrons. The smallest absolute Gasteiger partial charge is 0.0989 e. The minimum absolute atomic E-state index is 0.932. The normalized spacial score (nSPS) is 18.8. The lowest BCUT2D eigenvalue weighted by atomic mass is 10.4. The van der Waals surface area contributed by atoms with Gasteiger partial charge < -0.3 is 5.32 Å². The maximum Gasteiger partial charge on any atom is 0.0989 e. The molecule has 0 aromatic heterocycles. The average Bonchev–Trinajstić information content (AvgIpc) is 1.64. The van der Waals surface area contributed by atoms with Crippen LogP contribution in [0.1, 0.15) is 13.8 Å². The largest absolute Gasteiger partial charge is 0.370 e. The topological polar surface area (TPSA) is 24.4 Å². The zero-order valence-corrected chi connectivity index (χ0v) is 5.23. The molecule has 0 unspecified atom stereocenters. The highest BCUT2D eigenvalue weighted by Crippen LogP contribution is 1.96. The third-order valence-electron chi connectivity index (χ3n) is 1.10. The molecule has 2 nitrogen and oxygen atoms in total. The summed E-state index contributed by atoms with van der Waals surface area (Å²) in [6, 6.07) is 0. The molecule has 0 saturated heterocycles. The minimum Gasteiger partial charge on any atom is -0.370 e. The van der Waals surface area contributed by atoms with Crippen molar-refractivity contribution in [3.8, 4) is 0 Å². The molecular weight excluding hydrogens is 100 g/mol. The van der Waals surface area contributed by atoms with Gasteiger partial charge in [0, 0.05) is 12.2 Å². The summed E-state index contributed by atoms with van der Waals surface area (Å²) in [5.74, 6) is 1.02. The van der Waals surface area contributed by atoms with Gasteiger partial charge in [0.2, 0.25) is 0 Å². The molecule has 1 N–H and O–H groups in total. The van der Waals surface area contributed by atoms with E-state index in [0.717, 1.165) is 18.1 Å². The second-order valence-electron chi connectivity index (χ2n) is 1.92. The quantitative estimate of drug-likeness (QED) is 0.492. The number of nitrogens with zero attached hydrogens (tertiary/aromatic N) is 1. The lowest BCUT2D eigenvalue weighted by Gasteiger charge is -2.07. The van der Waals surface area contributed by atoms with Gasteiger partial charge in [-0.1, -0.05) is 0 Å². The minimum atomic E-state index is 0.932. The Labute approximate surface area is 49.3 Å². The molecule has 0 spiro atoms. The first kappa shape index (κ1) is 5.35. The van der Waals surface area contributed by atoms with Crippen molar-refractivity contribution >= 4 is 5.84 Å². The molecule has 1 rings (SSSR count). The number of nitrogens with one attached hydrogen (secondary N) is 1. The molecule has 0 aromatic carbocycles. The number of hydrogen-bond acceptors (Lipinski definition) is 2. The lowest BCUT2D eigenvalue weighted by molar-refractivity contribution is 0.974. The highest BCUT2D eigenvalue weighted by atomic mass is 15.0. The van der Waals surface area contributed by atoms with Crippen molar-refractivity contribution in [1.29, 1.82) is 0 Å². The number of amidine groups is 1. The fourth-order valence-corrected chi connectivity index (χ4v) is 0.696. The molecule has 44 valence electrons. The summed E-state index contributed by atoms with van der Waals surface area (Å²) in [4.78, 5) is 4.15. The van der Waals surface area contributed by atoms with Crippen LogP contribution in [0, 0.1) is 0 Å². The first-order valence-electron chi connectivity index (χ1n) is 2.75. The van der Waals surface area contributed by atoms with Crippen molar-refractivity contribution in [3.63, 3.8) is 0 Å². The predicted molar refractivity (Wildman–Crippen MR) is 34.9 cm³/mol. The van der Waals surface area contributed by atoms with Crippen LogP contribution in [0.25, 0.3) is 0 Å². The van der Waals surface area contributed by atoms with E-state index in [1.807, 2.05) is 13.8 Å². The van der Waals surface area contributed by atoms with Crippen LogP contribution in [-0.4, -0.2) is 12.4 Å². The summed E-state index contributed by atoms with van der Waals surface area (Å²) in [5, 5.41) is 3.09. The van der Waals surface area contributed by atoms with Crippen LogP contribution in [0.15, 0.2) is 16.8 Å². The maximum atomic E-state index is 4.15. The number of allylic oxidation sites excluding steroid dienone is 1. The Balaban J connectivity index is 2.69.